The van der Waals surface area contributed by atoms with Crippen LogP contribution in [-0.4, -0.2) is 42.4 Å². The molecule has 0 bridgehead atoms. The van der Waals surface area contributed by atoms with E-state index in [2.05, 4.69) is 37.9 Å². The van der Waals surface area contributed by atoms with E-state index in [-0.39, 0.29) is 6.10 Å². The van der Waals surface area contributed by atoms with E-state index in [9.17, 15) is 5.11 Å². The lowest BCUT2D eigenvalue weighted by atomic mass is 10.0. The third-order valence-electron chi connectivity index (χ3n) is 4.12. The zero-order valence-corrected chi connectivity index (χ0v) is 12.2. The van der Waals surface area contributed by atoms with Crippen molar-refractivity contribution in [3.8, 4) is 0 Å². The lowest BCUT2D eigenvalue weighted by molar-refractivity contribution is 0.0749. The smallest absolute Gasteiger partial charge is 0.0802 e. The molecule has 3 nitrogen and oxygen atoms in total. The number of aryl methyl sites for hydroxylation is 1. The van der Waals surface area contributed by atoms with Crippen molar-refractivity contribution in [3.05, 3.63) is 35.4 Å². The Bertz CT molecular complexity index is 390. The molecule has 2 rings (SSSR count). The predicted octanol–water partition coefficient (Wildman–Crippen LogP) is 2.53. The highest BCUT2D eigenvalue weighted by Gasteiger charge is 2.27. The number of hydrogen-bond acceptors (Lipinski definition) is 3. The Morgan fingerprint density at radius 3 is 2.63 bits per heavy atom. The van der Waals surface area contributed by atoms with Crippen molar-refractivity contribution < 1.29 is 9.84 Å². The summed E-state index contributed by atoms with van der Waals surface area (Å²) in [7, 11) is 2.12. The summed E-state index contributed by atoms with van der Waals surface area (Å²) in [6.07, 6.45) is 1.79. The first-order chi connectivity index (χ1) is 9.08. The standard InChI is InChI=1S/C16H25NO2/c1-12-4-6-14(7-5-12)16(18)8-10-17(3)15-9-11-19-13(15)2/h4-7,13,15-16,18H,8-11H2,1-3H3. The molecule has 19 heavy (non-hydrogen) atoms. The fourth-order valence-corrected chi connectivity index (χ4v) is 2.75. The second-order valence-corrected chi connectivity index (χ2v) is 5.63. The van der Waals surface area contributed by atoms with Crippen molar-refractivity contribution in [3.63, 3.8) is 0 Å². The molecule has 1 aromatic rings. The van der Waals surface area contributed by atoms with E-state index >= 15 is 0 Å². The largest absolute Gasteiger partial charge is 0.388 e. The number of hydrogen-bond donors (Lipinski definition) is 1. The van der Waals surface area contributed by atoms with E-state index in [0.717, 1.165) is 31.6 Å². The van der Waals surface area contributed by atoms with Crippen molar-refractivity contribution in [2.24, 2.45) is 0 Å². The number of nitrogens with zero attached hydrogens (tertiary/aromatic N) is 1. The zero-order valence-electron chi connectivity index (χ0n) is 12.2. The van der Waals surface area contributed by atoms with Crippen LogP contribution in [0.15, 0.2) is 24.3 Å². The first-order valence-electron chi connectivity index (χ1n) is 7.14. The molecule has 0 spiro atoms. The summed E-state index contributed by atoms with van der Waals surface area (Å²) in [6.45, 7) is 5.94. The summed E-state index contributed by atoms with van der Waals surface area (Å²) in [5.74, 6) is 0. The average molecular weight is 263 g/mol. The van der Waals surface area contributed by atoms with Gasteiger partial charge in [0.2, 0.25) is 0 Å². The molecule has 0 amide bonds. The van der Waals surface area contributed by atoms with Gasteiger partial charge >= 0.3 is 0 Å². The molecule has 1 saturated heterocycles. The second-order valence-electron chi connectivity index (χ2n) is 5.63. The maximum atomic E-state index is 10.2. The van der Waals surface area contributed by atoms with Gasteiger partial charge in [0.15, 0.2) is 0 Å². The van der Waals surface area contributed by atoms with Crippen LogP contribution in [-0.2, 0) is 4.74 Å². The van der Waals surface area contributed by atoms with Crippen molar-refractivity contribution in [2.75, 3.05) is 20.2 Å². The van der Waals surface area contributed by atoms with Gasteiger partial charge in [0.05, 0.1) is 12.2 Å². The Balaban J connectivity index is 1.82. The molecule has 0 aromatic heterocycles. The molecule has 1 N–H and O–H groups in total. The molecule has 3 heteroatoms. The zero-order chi connectivity index (χ0) is 13.8. The summed E-state index contributed by atoms with van der Waals surface area (Å²) < 4.78 is 5.59. The molecule has 0 aliphatic carbocycles. The van der Waals surface area contributed by atoms with Gasteiger partial charge in [-0.05, 0) is 39.3 Å². The lowest BCUT2D eigenvalue weighted by Gasteiger charge is -2.27. The van der Waals surface area contributed by atoms with E-state index in [1.165, 1.54) is 5.56 Å². The van der Waals surface area contributed by atoms with Gasteiger partial charge in [-0.1, -0.05) is 29.8 Å². The Labute approximate surface area is 116 Å². The summed E-state index contributed by atoms with van der Waals surface area (Å²) in [5.41, 5.74) is 2.24. The molecule has 0 saturated carbocycles. The number of benzene rings is 1. The number of likely N-dealkylation sites (N-methyl/N-ethyl adjacent to an activating group) is 1. The third kappa shape index (κ3) is 3.78. The van der Waals surface area contributed by atoms with Crippen LogP contribution < -0.4 is 0 Å². The SMILES string of the molecule is Cc1ccc(C(O)CCN(C)C2CCOC2C)cc1. The van der Waals surface area contributed by atoms with Gasteiger partial charge in [-0.2, -0.15) is 0 Å². The summed E-state index contributed by atoms with van der Waals surface area (Å²) >= 11 is 0. The minimum Gasteiger partial charge on any atom is -0.388 e. The minimum absolute atomic E-state index is 0.307. The van der Waals surface area contributed by atoms with Gasteiger partial charge in [-0.3, -0.25) is 0 Å². The van der Waals surface area contributed by atoms with Crippen molar-refractivity contribution in [2.45, 2.75) is 44.9 Å². The second kappa shape index (κ2) is 6.51. The maximum Gasteiger partial charge on any atom is 0.0802 e. The van der Waals surface area contributed by atoms with E-state index in [1.54, 1.807) is 0 Å². The van der Waals surface area contributed by atoms with Gasteiger partial charge in [0.25, 0.3) is 0 Å². The molecular weight excluding hydrogens is 238 g/mol. The molecule has 0 radical (unpaired) electrons. The van der Waals surface area contributed by atoms with Crippen LogP contribution in [0.3, 0.4) is 0 Å². The molecule has 106 valence electrons. The van der Waals surface area contributed by atoms with Crippen LogP contribution in [0.1, 0.15) is 37.0 Å². The topological polar surface area (TPSA) is 32.7 Å². The first-order valence-corrected chi connectivity index (χ1v) is 7.14. The van der Waals surface area contributed by atoms with E-state index < -0.39 is 0 Å². The molecule has 3 unspecified atom stereocenters. The predicted molar refractivity (Wildman–Crippen MR) is 77.2 cm³/mol. The maximum absolute atomic E-state index is 10.2. The van der Waals surface area contributed by atoms with Crippen molar-refractivity contribution in [1.82, 2.24) is 4.90 Å². The molecule has 1 aromatic carbocycles. The quantitative estimate of drug-likeness (QED) is 0.886. The van der Waals surface area contributed by atoms with Crippen LogP contribution in [0, 0.1) is 6.92 Å². The van der Waals surface area contributed by atoms with Crippen LogP contribution in [0.2, 0.25) is 0 Å². The van der Waals surface area contributed by atoms with Crippen LogP contribution in [0.4, 0.5) is 0 Å². The molecule has 1 aliphatic rings. The summed E-state index contributed by atoms with van der Waals surface area (Å²) in [6, 6.07) is 8.62. The summed E-state index contributed by atoms with van der Waals surface area (Å²) in [5, 5.41) is 10.2. The van der Waals surface area contributed by atoms with Crippen LogP contribution >= 0.6 is 0 Å². The number of rotatable bonds is 5. The summed E-state index contributed by atoms with van der Waals surface area (Å²) in [4.78, 5) is 2.31. The van der Waals surface area contributed by atoms with E-state index in [4.69, 9.17) is 4.74 Å². The monoisotopic (exact) mass is 263 g/mol. The number of aliphatic hydroxyl groups is 1. The van der Waals surface area contributed by atoms with Gasteiger partial charge < -0.3 is 14.7 Å². The molecule has 3 atom stereocenters. The van der Waals surface area contributed by atoms with Gasteiger partial charge in [0, 0.05) is 19.2 Å². The Morgan fingerprint density at radius 2 is 2.05 bits per heavy atom. The molecule has 1 heterocycles. The van der Waals surface area contributed by atoms with Gasteiger partial charge in [0.1, 0.15) is 0 Å². The lowest BCUT2D eigenvalue weighted by Crippen LogP contribution is -2.37. The average Bonchev–Trinajstić information content (AvgIpc) is 2.83. The number of ether oxygens (including phenoxy) is 1. The highest BCUT2D eigenvalue weighted by Crippen LogP contribution is 2.21. The van der Waals surface area contributed by atoms with Gasteiger partial charge in [-0.15, -0.1) is 0 Å². The van der Waals surface area contributed by atoms with Crippen LogP contribution in [0.5, 0.6) is 0 Å². The first kappa shape index (κ1) is 14.5. The Hall–Kier alpha value is -0.900. The molecule has 1 aliphatic heterocycles. The highest BCUT2D eigenvalue weighted by atomic mass is 16.5. The van der Waals surface area contributed by atoms with Crippen molar-refractivity contribution >= 4 is 0 Å². The fourth-order valence-electron chi connectivity index (χ4n) is 2.75. The highest BCUT2D eigenvalue weighted by molar-refractivity contribution is 5.23. The Morgan fingerprint density at radius 1 is 1.37 bits per heavy atom. The molecule has 1 fully saturated rings. The number of aliphatic hydroxyl groups excluding tert-OH is 1. The Kier molecular flexibility index (Phi) is 4.97. The normalized spacial score (nSPS) is 24.9. The molecular formula is C16H25NO2. The van der Waals surface area contributed by atoms with E-state index in [1.807, 2.05) is 12.1 Å². The minimum atomic E-state index is -0.374. The van der Waals surface area contributed by atoms with E-state index in [0.29, 0.717) is 12.1 Å². The van der Waals surface area contributed by atoms with Crippen molar-refractivity contribution in [1.29, 1.82) is 0 Å². The fraction of sp³-hybridized carbons (Fsp3) is 0.625. The van der Waals surface area contributed by atoms with Gasteiger partial charge in [-0.25, -0.2) is 0 Å². The third-order valence-corrected chi connectivity index (χ3v) is 4.12. The van der Waals surface area contributed by atoms with Crippen LogP contribution in [0.25, 0.3) is 0 Å².